The van der Waals surface area contributed by atoms with Crippen LogP contribution in [0, 0.1) is 11.3 Å². The number of ether oxygens (including phenoxy) is 2. The van der Waals surface area contributed by atoms with Crippen LogP contribution in [-0.2, 0) is 28.4 Å². The van der Waals surface area contributed by atoms with Gasteiger partial charge >= 0.3 is 41.5 Å². The van der Waals surface area contributed by atoms with E-state index in [1.165, 1.54) is 0 Å². The normalized spacial score (nSPS) is 24.7. The zero-order valence-electron chi connectivity index (χ0n) is 18.6. The molecule has 3 unspecified atom stereocenters. The molecular weight excluding hydrogens is 407 g/mol. The van der Waals surface area contributed by atoms with Crippen LogP contribution in [-0.4, -0.2) is 29.9 Å². The Labute approximate surface area is 201 Å². The molecule has 0 amide bonds. The van der Waals surface area contributed by atoms with Gasteiger partial charge in [0.2, 0.25) is 0 Å². The molecule has 1 saturated heterocycles. The van der Waals surface area contributed by atoms with Gasteiger partial charge in [0.05, 0.1) is 31.7 Å². The molecule has 29 heavy (non-hydrogen) atoms. The topological polar surface area (TPSA) is 94.1 Å². The van der Waals surface area contributed by atoms with E-state index < -0.39 is 22.1 Å². The van der Waals surface area contributed by atoms with Crippen molar-refractivity contribution in [2.75, 3.05) is 13.2 Å². The van der Waals surface area contributed by atoms with Crippen LogP contribution in [0.3, 0.4) is 0 Å². The molecule has 0 bridgehead atoms. The molecule has 1 aliphatic heterocycles. The summed E-state index contributed by atoms with van der Waals surface area (Å²) < 4.78 is 14.1. The van der Waals surface area contributed by atoms with E-state index >= 15 is 0 Å². The zero-order valence-corrected chi connectivity index (χ0v) is 21.4. The molecule has 0 aromatic heterocycles. The second-order valence-corrected chi connectivity index (χ2v) is 8.64. The average Bonchev–Trinajstić information content (AvgIpc) is 2.97. The van der Waals surface area contributed by atoms with E-state index in [4.69, 9.17) is 9.47 Å². The first kappa shape index (κ1) is 29.2. The quantitative estimate of drug-likeness (QED) is 0.121. The molecular formula is C20H35NaO7S. The van der Waals surface area contributed by atoms with E-state index in [0.717, 1.165) is 38.5 Å². The third kappa shape index (κ3) is 7.66. The maximum absolute atomic E-state index is 12.7. The Hall–Kier alpha value is 0.170. The third-order valence-corrected chi connectivity index (χ3v) is 7.12. The van der Waals surface area contributed by atoms with Gasteiger partial charge in [0.15, 0.2) is 4.75 Å². The summed E-state index contributed by atoms with van der Waals surface area (Å²) in [7, 11) is 0. The van der Waals surface area contributed by atoms with Crippen molar-refractivity contribution in [1.29, 1.82) is 0 Å². The summed E-state index contributed by atoms with van der Waals surface area (Å²) in [5.74, 6) is -0.729. The molecule has 1 fully saturated rings. The number of cyclic esters (lactones) is 1. The standard InChI is InChI=1S/C20H36O7S.Na/c1-5-9-11-16(7-3)14-24-17(21)13-20(28-27-26-23)18(22)25-15-19(20,8-4)12-10-6-2;/h16,23H,5-15H2,1-4H3;/q;+1/p-1. The smallest absolute Gasteiger partial charge is 0.691 e. The minimum Gasteiger partial charge on any atom is -0.691 e. The molecule has 0 N–H and O–H groups in total. The predicted molar refractivity (Wildman–Crippen MR) is 105 cm³/mol. The summed E-state index contributed by atoms with van der Waals surface area (Å²) in [6.07, 6.45) is 7.01. The van der Waals surface area contributed by atoms with Gasteiger partial charge in [0.1, 0.15) is 0 Å². The fraction of sp³-hybridized carbons (Fsp3) is 0.900. The fourth-order valence-corrected chi connectivity index (χ4v) is 4.78. The van der Waals surface area contributed by atoms with E-state index in [1.807, 2.05) is 6.92 Å². The molecule has 164 valence electrons. The molecule has 0 radical (unpaired) electrons. The van der Waals surface area contributed by atoms with Gasteiger partial charge < -0.3 is 14.7 Å². The van der Waals surface area contributed by atoms with Gasteiger partial charge in [-0.2, -0.15) is 4.33 Å². The molecule has 0 spiro atoms. The fourth-order valence-electron chi connectivity index (χ4n) is 3.85. The largest absolute Gasteiger partial charge is 1.00 e. The minimum absolute atomic E-state index is 0. The van der Waals surface area contributed by atoms with Crippen molar-refractivity contribution in [3.05, 3.63) is 0 Å². The molecule has 3 atom stereocenters. The Morgan fingerprint density at radius 1 is 1.24 bits per heavy atom. The van der Waals surface area contributed by atoms with Crippen LogP contribution in [0.25, 0.3) is 0 Å². The second kappa shape index (κ2) is 15.1. The van der Waals surface area contributed by atoms with Crippen molar-refractivity contribution in [3.63, 3.8) is 0 Å². The van der Waals surface area contributed by atoms with E-state index in [2.05, 4.69) is 30.1 Å². The first-order valence-electron chi connectivity index (χ1n) is 10.4. The van der Waals surface area contributed by atoms with Crippen LogP contribution < -0.4 is 34.8 Å². The van der Waals surface area contributed by atoms with E-state index in [-0.39, 0.29) is 42.6 Å². The summed E-state index contributed by atoms with van der Waals surface area (Å²) in [4.78, 5) is 25.4. The molecule has 7 nitrogen and oxygen atoms in total. The van der Waals surface area contributed by atoms with Crippen molar-refractivity contribution >= 4 is 24.0 Å². The number of rotatable bonds is 15. The molecule has 9 heteroatoms. The number of hydrogen-bond donors (Lipinski definition) is 0. The SMILES string of the molecule is CCCCC(CC)COC(=O)CC1(SOO[O-])C(=O)OCC1(CC)CCCC.[Na+]. The zero-order chi connectivity index (χ0) is 21.0. The first-order valence-corrected chi connectivity index (χ1v) is 11.2. The number of hydrogen-bond acceptors (Lipinski definition) is 8. The Morgan fingerprint density at radius 3 is 2.48 bits per heavy atom. The van der Waals surface area contributed by atoms with E-state index in [1.54, 1.807) is 0 Å². The number of carbonyl (C=O) groups is 2. The maximum Gasteiger partial charge on any atom is 1.00 e. The molecule has 0 saturated carbocycles. The van der Waals surface area contributed by atoms with Gasteiger partial charge in [-0.15, -0.1) is 0 Å². The van der Waals surface area contributed by atoms with Crippen LogP contribution in [0.5, 0.6) is 0 Å². The van der Waals surface area contributed by atoms with Crippen LogP contribution >= 0.6 is 12.0 Å². The van der Waals surface area contributed by atoms with E-state index in [0.29, 0.717) is 37.4 Å². The predicted octanol–water partition coefficient (Wildman–Crippen LogP) is 0.894. The first-order chi connectivity index (χ1) is 13.4. The summed E-state index contributed by atoms with van der Waals surface area (Å²) >= 11 is 0.594. The third-order valence-electron chi connectivity index (χ3n) is 5.97. The molecule has 0 aromatic rings. The summed E-state index contributed by atoms with van der Waals surface area (Å²) in [6.45, 7) is 8.74. The maximum atomic E-state index is 12.7. The Balaban J connectivity index is 0.00000784. The Morgan fingerprint density at radius 2 is 1.93 bits per heavy atom. The van der Waals surface area contributed by atoms with Crippen molar-refractivity contribution in [3.8, 4) is 0 Å². The van der Waals surface area contributed by atoms with E-state index in [9.17, 15) is 14.8 Å². The van der Waals surface area contributed by atoms with Gasteiger partial charge in [-0.1, -0.05) is 59.8 Å². The number of unbranched alkanes of at least 4 members (excludes halogenated alkanes) is 2. The molecule has 1 heterocycles. The van der Waals surface area contributed by atoms with Crippen LogP contribution in [0.4, 0.5) is 0 Å². The van der Waals surface area contributed by atoms with Crippen molar-refractivity contribution in [1.82, 2.24) is 0 Å². The summed E-state index contributed by atoms with van der Waals surface area (Å²) in [5.41, 5.74) is -0.616. The number of esters is 2. The van der Waals surface area contributed by atoms with Gasteiger partial charge in [-0.25, -0.2) is 0 Å². The monoisotopic (exact) mass is 442 g/mol. The van der Waals surface area contributed by atoms with Crippen LogP contribution in [0.1, 0.15) is 85.5 Å². The van der Waals surface area contributed by atoms with Gasteiger partial charge in [-0.05, 0) is 25.2 Å². The van der Waals surface area contributed by atoms with Gasteiger partial charge in [0, 0.05) is 5.41 Å². The van der Waals surface area contributed by atoms with Crippen molar-refractivity contribution in [2.45, 2.75) is 90.2 Å². The summed E-state index contributed by atoms with van der Waals surface area (Å²) in [5, 5.41) is 14.0. The van der Waals surface area contributed by atoms with Crippen LogP contribution in [0.15, 0.2) is 0 Å². The minimum atomic E-state index is -1.34. The molecule has 1 rings (SSSR count). The van der Waals surface area contributed by atoms with Crippen LogP contribution in [0.2, 0.25) is 0 Å². The van der Waals surface area contributed by atoms with Gasteiger partial charge in [-0.3, -0.25) is 14.6 Å². The number of carbonyl (C=O) groups excluding carboxylic acids is 2. The molecule has 0 aromatic carbocycles. The van der Waals surface area contributed by atoms with Crippen molar-refractivity contribution < 1.29 is 63.2 Å². The Bertz CT molecular complexity index is 493. The second-order valence-electron chi connectivity index (χ2n) is 7.64. The Kier molecular flexibility index (Phi) is 15.1. The molecule has 0 aliphatic carbocycles. The average molecular weight is 443 g/mol. The molecule has 1 aliphatic rings. The van der Waals surface area contributed by atoms with Gasteiger partial charge in [0.25, 0.3) is 0 Å². The summed E-state index contributed by atoms with van der Waals surface area (Å²) in [6, 6.07) is 0. The van der Waals surface area contributed by atoms with Crippen molar-refractivity contribution in [2.24, 2.45) is 11.3 Å².